The minimum Gasteiger partial charge on any atom is -0.497 e. The van der Waals surface area contributed by atoms with Gasteiger partial charge in [-0.2, -0.15) is 0 Å². The standard InChI is InChI=1S/C33H26ClNO5/c1-33(2)39-30-19-16-27(20-29(30)32(37)40-33)35(31(36)25-12-17-28(38-3)18-13-25)21-24-8-6-22(7-9-24)4-5-23-10-14-26(34)15-11-23/h6-20H,21H2,1-3H3. The third-order valence-electron chi connectivity index (χ3n) is 6.26. The quantitative estimate of drug-likeness (QED) is 0.200. The number of ether oxygens (including phenoxy) is 3. The highest BCUT2D eigenvalue weighted by Gasteiger charge is 2.34. The first-order valence-electron chi connectivity index (χ1n) is 12.6. The molecule has 0 N–H and O–H groups in total. The van der Waals surface area contributed by atoms with Crippen LogP contribution in [0.2, 0.25) is 5.02 Å². The number of carbonyl (C=O) groups excluding carboxylic acids is 2. The Morgan fingerprint density at radius 1 is 0.875 bits per heavy atom. The maximum atomic E-state index is 13.8. The molecule has 0 aromatic heterocycles. The van der Waals surface area contributed by atoms with E-state index in [0.717, 1.165) is 16.7 Å². The summed E-state index contributed by atoms with van der Waals surface area (Å²) in [6, 6.07) is 27.0. The van der Waals surface area contributed by atoms with Gasteiger partial charge in [0.15, 0.2) is 0 Å². The Labute approximate surface area is 238 Å². The van der Waals surface area contributed by atoms with Gasteiger partial charge in [-0.1, -0.05) is 35.6 Å². The molecule has 4 aromatic carbocycles. The predicted molar refractivity (Wildman–Crippen MR) is 154 cm³/mol. The van der Waals surface area contributed by atoms with Crippen LogP contribution in [0.4, 0.5) is 5.69 Å². The van der Waals surface area contributed by atoms with Gasteiger partial charge in [-0.25, -0.2) is 4.79 Å². The van der Waals surface area contributed by atoms with Crippen LogP contribution >= 0.6 is 11.6 Å². The lowest BCUT2D eigenvalue weighted by Gasteiger charge is -2.32. The van der Waals surface area contributed by atoms with E-state index in [1.165, 1.54) is 0 Å². The lowest BCUT2D eigenvalue weighted by molar-refractivity contribution is -0.127. The number of carbonyl (C=O) groups is 2. The van der Waals surface area contributed by atoms with E-state index < -0.39 is 11.8 Å². The van der Waals surface area contributed by atoms with Crippen LogP contribution in [0, 0.1) is 11.8 Å². The zero-order valence-electron chi connectivity index (χ0n) is 22.2. The number of fused-ring (bicyclic) bond motifs is 1. The van der Waals surface area contributed by atoms with Gasteiger partial charge in [0.2, 0.25) is 5.79 Å². The number of nitrogens with zero attached hydrogens (tertiary/aromatic N) is 1. The van der Waals surface area contributed by atoms with Crippen molar-refractivity contribution in [2.45, 2.75) is 26.2 Å². The van der Waals surface area contributed by atoms with Gasteiger partial charge in [0, 0.05) is 41.2 Å². The minimum absolute atomic E-state index is 0.236. The smallest absolute Gasteiger partial charge is 0.345 e. The van der Waals surface area contributed by atoms with Crippen molar-refractivity contribution in [2.75, 3.05) is 12.0 Å². The zero-order chi connectivity index (χ0) is 28.3. The maximum Gasteiger partial charge on any atom is 0.345 e. The average molecular weight is 552 g/mol. The third-order valence-corrected chi connectivity index (χ3v) is 6.51. The van der Waals surface area contributed by atoms with Crippen LogP contribution in [0.5, 0.6) is 11.5 Å². The molecule has 1 aliphatic rings. The summed E-state index contributed by atoms with van der Waals surface area (Å²) >= 11 is 5.95. The van der Waals surface area contributed by atoms with Crippen LogP contribution < -0.4 is 14.4 Å². The third kappa shape index (κ3) is 6.12. The molecule has 4 aromatic rings. The second-order valence-electron chi connectivity index (χ2n) is 9.65. The van der Waals surface area contributed by atoms with Crippen LogP contribution in [0.25, 0.3) is 0 Å². The Hall–Kier alpha value is -4.73. The molecule has 0 aliphatic carbocycles. The summed E-state index contributed by atoms with van der Waals surface area (Å²) in [5.74, 6) is 5.52. The van der Waals surface area contributed by atoms with Gasteiger partial charge in [-0.15, -0.1) is 0 Å². The number of amides is 1. The monoisotopic (exact) mass is 551 g/mol. The molecule has 5 rings (SSSR count). The van der Waals surface area contributed by atoms with Crippen LogP contribution in [0.1, 0.15) is 51.3 Å². The summed E-state index contributed by atoms with van der Waals surface area (Å²) in [6.45, 7) is 3.60. The minimum atomic E-state index is -1.07. The Morgan fingerprint density at radius 2 is 1.50 bits per heavy atom. The lowest BCUT2D eigenvalue weighted by atomic mass is 10.1. The number of anilines is 1. The molecule has 200 valence electrons. The van der Waals surface area contributed by atoms with E-state index in [1.54, 1.807) is 80.5 Å². The molecule has 0 radical (unpaired) electrons. The number of methoxy groups -OCH3 is 1. The number of hydrogen-bond donors (Lipinski definition) is 0. The van der Waals surface area contributed by atoms with Gasteiger partial charge in [0.1, 0.15) is 17.1 Å². The van der Waals surface area contributed by atoms with Gasteiger partial charge < -0.3 is 19.1 Å². The van der Waals surface area contributed by atoms with Crippen molar-refractivity contribution in [2.24, 2.45) is 0 Å². The summed E-state index contributed by atoms with van der Waals surface area (Å²) in [5, 5.41) is 0.663. The number of rotatable bonds is 5. The molecule has 0 atom stereocenters. The van der Waals surface area contributed by atoms with Crippen molar-refractivity contribution < 1.29 is 23.8 Å². The number of cyclic esters (lactones) is 1. The number of hydrogen-bond acceptors (Lipinski definition) is 5. The van der Waals surface area contributed by atoms with Crippen LogP contribution in [0.15, 0.2) is 91.0 Å². The highest BCUT2D eigenvalue weighted by Crippen LogP contribution is 2.35. The first kappa shape index (κ1) is 26.9. The Balaban J connectivity index is 1.45. The van der Waals surface area contributed by atoms with E-state index in [9.17, 15) is 9.59 Å². The number of halogens is 1. The fraction of sp³-hybridized carbons (Fsp3) is 0.152. The van der Waals surface area contributed by atoms with Crippen molar-refractivity contribution in [3.63, 3.8) is 0 Å². The lowest BCUT2D eigenvalue weighted by Crippen LogP contribution is -2.39. The molecule has 0 unspecified atom stereocenters. The van der Waals surface area contributed by atoms with Crippen LogP contribution in [0.3, 0.4) is 0 Å². The fourth-order valence-electron chi connectivity index (χ4n) is 4.22. The number of esters is 1. The second kappa shape index (κ2) is 11.2. The molecule has 6 nitrogen and oxygen atoms in total. The molecular formula is C33H26ClNO5. The van der Waals surface area contributed by atoms with Gasteiger partial charge in [-0.3, -0.25) is 4.79 Å². The molecule has 7 heteroatoms. The van der Waals surface area contributed by atoms with Gasteiger partial charge >= 0.3 is 5.97 Å². The van der Waals surface area contributed by atoms with Gasteiger partial charge in [0.25, 0.3) is 5.91 Å². The molecular weight excluding hydrogens is 526 g/mol. The van der Waals surface area contributed by atoms with Crippen LogP contribution in [-0.2, 0) is 11.3 Å². The molecule has 40 heavy (non-hydrogen) atoms. The fourth-order valence-corrected chi connectivity index (χ4v) is 4.35. The van der Waals surface area contributed by atoms with Gasteiger partial charge in [-0.05, 0) is 84.4 Å². The summed E-state index contributed by atoms with van der Waals surface area (Å²) < 4.78 is 16.4. The van der Waals surface area contributed by atoms with Crippen molar-refractivity contribution in [3.8, 4) is 23.3 Å². The largest absolute Gasteiger partial charge is 0.497 e. The summed E-state index contributed by atoms with van der Waals surface area (Å²) in [5.41, 5.74) is 3.86. The van der Waals surface area contributed by atoms with Crippen molar-refractivity contribution in [1.82, 2.24) is 0 Å². The molecule has 1 heterocycles. The topological polar surface area (TPSA) is 65.1 Å². The Morgan fingerprint density at radius 3 is 2.12 bits per heavy atom. The normalized spacial score (nSPS) is 13.2. The number of benzene rings is 4. The highest BCUT2D eigenvalue weighted by molar-refractivity contribution is 6.30. The van der Waals surface area contributed by atoms with Crippen LogP contribution in [-0.4, -0.2) is 24.8 Å². The van der Waals surface area contributed by atoms with Crippen molar-refractivity contribution in [3.05, 3.63) is 124 Å². The molecule has 0 saturated heterocycles. The molecule has 0 bridgehead atoms. The average Bonchev–Trinajstić information content (AvgIpc) is 2.95. The maximum absolute atomic E-state index is 13.8. The summed E-state index contributed by atoms with van der Waals surface area (Å²) in [4.78, 5) is 28.1. The van der Waals surface area contributed by atoms with E-state index in [1.807, 2.05) is 36.4 Å². The SMILES string of the molecule is COc1ccc(C(=O)N(Cc2ccc(C#Cc3ccc(Cl)cc3)cc2)c2ccc3c(c2)C(=O)OC(C)(C)O3)cc1. The molecule has 1 aliphatic heterocycles. The molecule has 0 spiro atoms. The van der Waals surface area contributed by atoms with E-state index in [-0.39, 0.29) is 18.0 Å². The predicted octanol–water partition coefficient (Wildman–Crippen LogP) is 6.88. The zero-order valence-corrected chi connectivity index (χ0v) is 23.0. The van der Waals surface area contributed by atoms with Crippen molar-refractivity contribution in [1.29, 1.82) is 0 Å². The Kier molecular flexibility index (Phi) is 7.50. The second-order valence-corrected chi connectivity index (χ2v) is 10.1. The van der Waals surface area contributed by atoms with E-state index in [0.29, 0.717) is 27.8 Å². The van der Waals surface area contributed by atoms with E-state index >= 15 is 0 Å². The molecule has 0 saturated carbocycles. The van der Waals surface area contributed by atoms with E-state index in [2.05, 4.69) is 11.8 Å². The molecule has 0 fully saturated rings. The highest BCUT2D eigenvalue weighted by atomic mass is 35.5. The summed E-state index contributed by atoms with van der Waals surface area (Å²) in [7, 11) is 1.57. The van der Waals surface area contributed by atoms with Gasteiger partial charge in [0.05, 0.1) is 13.7 Å². The first-order chi connectivity index (χ1) is 19.2. The Bertz CT molecular complexity index is 1620. The molecule has 1 amide bonds. The summed E-state index contributed by atoms with van der Waals surface area (Å²) in [6.07, 6.45) is 0. The van der Waals surface area contributed by atoms with E-state index in [4.69, 9.17) is 25.8 Å². The first-order valence-corrected chi connectivity index (χ1v) is 13.0. The van der Waals surface area contributed by atoms with Crippen molar-refractivity contribution >= 4 is 29.2 Å².